The second kappa shape index (κ2) is 4.40. The minimum atomic E-state index is -1.29. The zero-order valence-electron chi connectivity index (χ0n) is 10.5. The number of hydrogen-bond donors (Lipinski definition) is 1. The van der Waals surface area contributed by atoms with Crippen LogP contribution in [0, 0.1) is 17.7 Å². The van der Waals surface area contributed by atoms with Crippen molar-refractivity contribution in [2.45, 2.75) is 19.3 Å². The Balaban J connectivity index is 2.09. The van der Waals surface area contributed by atoms with Gasteiger partial charge >= 0.3 is 5.97 Å². The minimum Gasteiger partial charge on any atom is -0.478 e. The van der Waals surface area contributed by atoms with Crippen LogP contribution in [0.1, 0.15) is 29.6 Å². The van der Waals surface area contributed by atoms with Crippen molar-refractivity contribution in [2.24, 2.45) is 11.8 Å². The zero-order valence-corrected chi connectivity index (χ0v) is 10.5. The molecule has 2 fully saturated rings. The number of carboxylic acid groups (broad SMARTS) is 1. The highest BCUT2D eigenvalue weighted by Gasteiger charge is 2.50. The molecule has 1 aromatic carbocycles. The van der Waals surface area contributed by atoms with Crippen LogP contribution < -0.4 is 4.90 Å². The first-order valence-electron chi connectivity index (χ1n) is 6.41. The summed E-state index contributed by atoms with van der Waals surface area (Å²) in [5.41, 5.74) is -0.407. The van der Waals surface area contributed by atoms with Gasteiger partial charge in [-0.15, -0.1) is 0 Å². The number of carboxylic acids is 1. The predicted octanol–water partition coefficient (Wildman–Crippen LogP) is 1.81. The second-order valence-corrected chi connectivity index (χ2v) is 5.12. The number of carbonyl (C=O) groups is 3. The maximum atomic E-state index is 13.4. The van der Waals surface area contributed by atoms with E-state index in [0.29, 0.717) is 12.8 Å². The zero-order chi connectivity index (χ0) is 14.4. The first kappa shape index (κ1) is 12.8. The van der Waals surface area contributed by atoms with Gasteiger partial charge in [0.2, 0.25) is 11.8 Å². The smallest absolute Gasteiger partial charge is 0.337 e. The SMILES string of the molecule is O=C(O)c1ccc(F)cc1N1C(=O)C2CCCC2C1=O. The van der Waals surface area contributed by atoms with Crippen LogP contribution in [0.4, 0.5) is 10.1 Å². The second-order valence-electron chi connectivity index (χ2n) is 5.12. The van der Waals surface area contributed by atoms with E-state index in [1.165, 1.54) is 0 Å². The van der Waals surface area contributed by atoms with Crippen molar-refractivity contribution in [3.63, 3.8) is 0 Å². The molecule has 0 spiro atoms. The summed E-state index contributed by atoms with van der Waals surface area (Å²) >= 11 is 0. The van der Waals surface area contributed by atoms with Crippen molar-refractivity contribution in [1.29, 1.82) is 0 Å². The van der Waals surface area contributed by atoms with Crippen LogP contribution in [0.3, 0.4) is 0 Å². The molecule has 1 aliphatic carbocycles. The third-order valence-electron chi connectivity index (χ3n) is 4.02. The molecular formula is C14H12FNO4. The van der Waals surface area contributed by atoms with Gasteiger partial charge in [-0.2, -0.15) is 0 Å². The van der Waals surface area contributed by atoms with E-state index in [1.807, 2.05) is 0 Å². The van der Waals surface area contributed by atoms with Crippen molar-refractivity contribution in [3.05, 3.63) is 29.6 Å². The fraction of sp³-hybridized carbons (Fsp3) is 0.357. The number of carbonyl (C=O) groups excluding carboxylic acids is 2. The number of rotatable bonds is 2. The average Bonchev–Trinajstić information content (AvgIpc) is 2.94. The number of imide groups is 1. The number of fused-ring (bicyclic) bond motifs is 1. The van der Waals surface area contributed by atoms with Crippen molar-refractivity contribution in [3.8, 4) is 0 Å². The number of hydrogen-bond acceptors (Lipinski definition) is 3. The first-order chi connectivity index (χ1) is 9.50. The minimum absolute atomic E-state index is 0.165. The van der Waals surface area contributed by atoms with Gasteiger partial charge in [0.25, 0.3) is 0 Å². The van der Waals surface area contributed by atoms with E-state index in [0.717, 1.165) is 29.5 Å². The Bertz CT molecular complexity index is 606. The molecule has 1 heterocycles. The van der Waals surface area contributed by atoms with Crippen LogP contribution in [-0.2, 0) is 9.59 Å². The Morgan fingerprint density at radius 2 is 1.80 bits per heavy atom. The van der Waals surface area contributed by atoms with Crippen molar-refractivity contribution in [2.75, 3.05) is 4.90 Å². The van der Waals surface area contributed by atoms with Crippen LogP contribution in [0.25, 0.3) is 0 Å². The van der Waals surface area contributed by atoms with Crippen molar-refractivity contribution >= 4 is 23.5 Å². The van der Waals surface area contributed by atoms with Gasteiger partial charge in [-0.05, 0) is 31.0 Å². The number of anilines is 1. The molecule has 2 aliphatic rings. The summed E-state index contributed by atoms with van der Waals surface area (Å²) in [5, 5.41) is 9.12. The molecule has 1 aromatic rings. The third-order valence-corrected chi connectivity index (χ3v) is 4.02. The highest BCUT2D eigenvalue weighted by molar-refractivity contribution is 6.23. The lowest BCUT2D eigenvalue weighted by atomic mass is 10.00. The van der Waals surface area contributed by atoms with E-state index >= 15 is 0 Å². The fourth-order valence-corrected chi connectivity index (χ4v) is 3.10. The Morgan fingerprint density at radius 3 is 2.35 bits per heavy atom. The van der Waals surface area contributed by atoms with Gasteiger partial charge in [-0.3, -0.25) is 9.59 Å². The topological polar surface area (TPSA) is 74.7 Å². The summed E-state index contributed by atoms with van der Waals surface area (Å²) in [6, 6.07) is 3.00. The first-order valence-corrected chi connectivity index (χ1v) is 6.41. The molecule has 0 bridgehead atoms. The van der Waals surface area contributed by atoms with Gasteiger partial charge < -0.3 is 5.11 Å². The van der Waals surface area contributed by atoms with Crippen LogP contribution >= 0.6 is 0 Å². The summed E-state index contributed by atoms with van der Waals surface area (Å²) in [4.78, 5) is 36.6. The van der Waals surface area contributed by atoms with E-state index in [2.05, 4.69) is 0 Å². The van der Waals surface area contributed by atoms with E-state index in [4.69, 9.17) is 5.11 Å². The van der Waals surface area contributed by atoms with Gasteiger partial charge in [-0.1, -0.05) is 6.42 Å². The third kappa shape index (κ3) is 1.71. The molecule has 1 saturated heterocycles. The Morgan fingerprint density at radius 1 is 1.20 bits per heavy atom. The quantitative estimate of drug-likeness (QED) is 0.837. The maximum absolute atomic E-state index is 13.4. The van der Waals surface area contributed by atoms with E-state index < -0.39 is 23.6 Å². The van der Waals surface area contributed by atoms with Gasteiger partial charge in [-0.25, -0.2) is 14.1 Å². The number of aromatic carboxylic acids is 1. The largest absolute Gasteiger partial charge is 0.478 e. The standard InChI is InChI=1S/C14H12FNO4/c15-7-4-5-10(14(19)20)11(6-7)16-12(17)8-2-1-3-9(8)13(16)18/h4-6,8-9H,1-3H2,(H,19,20). The summed E-state index contributed by atoms with van der Waals surface area (Å²) in [5.74, 6) is -3.56. The molecule has 0 radical (unpaired) electrons. The molecule has 2 unspecified atom stereocenters. The Hall–Kier alpha value is -2.24. The molecule has 1 saturated carbocycles. The van der Waals surface area contributed by atoms with Crippen LogP contribution in [0.5, 0.6) is 0 Å². The number of halogens is 1. The van der Waals surface area contributed by atoms with Crippen molar-refractivity contribution in [1.82, 2.24) is 0 Å². The molecular weight excluding hydrogens is 265 g/mol. The summed E-state index contributed by atoms with van der Waals surface area (Å²) in [7, 11) is 0. The molecule has 104 valence electrons. The highest BCUT2D eigenvalue weighted by Crippen LogP contribution is 2.42. The van der Waals surface area contributed by atoms with Crippen LogP contribution in [-0.4, -0.2) is 22.9 Å². The molecule has 2 atom stereocenters. The van der Waals surface area contributed by atoms with Crippen LogP contribution in [0.2, 0.25) is 0 Å². The highest BCUT2D eigenvalue weighted by atomic mass is 19.1. The number of nitrogens with zero attached hydrogens (tertiary/aromatic N) is 1. The Kier molecular flexibility index (Phi) is 2.81. The Labute approximate surface area is 114 Å². The average molecular weight is 277 g/mol. The molecule has 1 N–H and O–H groups in total. The lowest BCUT2D eigenvalue weighted by Gasteiger charge is -2.18. The monoisotopic (exact) mass is 277 g/mol. The molecule has 5 nitrogen and oxygen atoms in total. The molecule has 3 rings (SSSR count). The van der Waals surface area contributed by atoms with Gasteiger partial charge in [0.1, 0.15) is 5.82 Å². The van der Waals surface area contributed by atoms with Crippen LogP contribution in [0.15, 0.2) is 18.2 Å². The summed E-state index contributed by atoms with van der Waals surface area (Å²) in [6.45, 7) is 0. The molecule has 0 aromatic heterocycles. The molecule has 6 heteroatoms. The molecule has 20 heavy (non-hydrogen) atoms. The number of amides is 2. The molecule has 2 amide bonds. The van der Waals surface area contributed by atoms with E-state index in [1.54, 1.807) is 0 Å². The predicted molar refractivity (Wildman–Crippen MR) is 66.7 cm³/mol. The van der Waals surface area contributed by atoms with Crippen molar-refractivity contribution < 1.29 is 23.9 Å². The fourth-order valence-electron chi connectivity index (χ4n) is 3.10. The van der Waals surface area contributed by atoms with E-state index in [-0.39, 0.29) is 23.1 Å². The normalized spacial score (nSPS) is 25.1. The summed E-state index contributed by atoms with van der Waals surface area (Å²) in [6.07, 6.45) is 2.07. The molecule has 1 aliphatic heterocycles. The van der Waals surface area contributed by atoms with Gasteiger partial charge in [0.05, 0.1) is 23.1 Å². The lowest BCUT2D eigenvalue weighted by molar-refractivity contribution is -0.122. The van der Waals surface area contributed by atoms with E-state index in [9.17, 15) is 18.8 Å². The van der Waals surface area contributed by atoms with Gasteiger partial charge in [0.15, 0.2) is 0 Å². The summed E-state index contributed by atoms with van der Waals surface area (Å²) < 4.78 is 13.4. The van der Waals surface area contributed by atoms with Gasteiger partial charge in [0, 0.05) is 0 Å². The lowest BCUT2D eigenvalue weighted by Crippen LogP contribution is -2.33. The maximum Gasteiger partial charge on any atom is 0.337 e. The number of benzene rings is 1.